The Hall–Kier alpha value is -1.39. The highest BCUT2D eigenvalue weighted by Gasteiger charge is 2.13. The highest BCUT2D eigenvalue weighted by Crippen LogP contribution is 2.05. The van der Waals surface area contributed by atoms with Crippen LogP contribution in [0.4, 0.5) is 0 Å². The third-order valence-corrected chi connectivity index (χ3v) is 3.64. The van der Waals surface area contributed by atoms with Crippen LogP contribution in [0.2, 0.25) is 0 Å². The Bertz CT molecular complexity index is 418. The van der Waals surface area contributed by atoms with Gasteiger partial charge in [0.1, 0.15) is 0 Å². The summed E-state index contributed by atoms with van der Waals surface area (Å²) in [5.41, 5.74) is 7.67. The third kappa shape index (κ3) is 6.27. The van der Waals surface area contributed by atoms with E-state index in [1.807, 2.05) is 24.3 Å². The summed E-state index contributed by atoms with van der Waals surface area (Å²) in [6.45, 7) is 10.8. The van der Waals surface area contributed by atoms with Crippen molar-refractivity contribution in [3.8, 4) is 0 Å². The Morgan fingerprint density at radius 2 is 1.62 bits per heavy atom. The second-order valence-corrected chi connectivity index (χ2v) is 5.97. The van der Waals surface area contributed by atoms with Crippen LogP contribution in [-0.2, 0) is 17.8 Å². The minimum Gasteiger partial charge on any atom is -0.355 e. The molecule has 1 amide bonds. The molecule has 0 aliphatic heterocycles. The lowest BCUT2D eigenvalue weighted by atomic mass is 10.1. The first kappa shape index (κ1) is 17.7. The summed E-state index contributed by atoms with van der Waals surface area (Å²) in [5, 5.41) is 2.99. The van der Waals surface area contributed by atoms with Gasteiger partial charge in [0.15, 0.2) is 0 Å². The van der Waals surface area contributed by atoms with Crippen molar-refractivity contribution >= 4 is 5.91 Å². The van der Waals surface area contributed by atoms with Gasteiger partial charge in [-0.2, -0.15) is 0 Å². The zero-order valence-corrected chi connectivity index (χ0v) is 13.7. The van der Waals surface area contributed by atoms with Crippen LogP contribution in [0, 0.1) is 0 Å². The molecular formula is C17H29N3O. The van der Waals surface area contributed by atoms with Gasteiger partial charge in [0.05, 0.1) is 6.42 Å². The van der Waals surface area contributed by atoms with Gasteiger partial charge in [-0.3, -0.25) is 9.69 Å². The first-order valence-corrected chi connectivity index (χ1v) is 7.74. The number of hydrogen-bond donors (Lipinski definition) is 2. The van der Waals surface area contributed by atoms with E-state index in [-0.39, 0.29) is 5.91 Å². The molecule has 0 fully saturated rings. The Morgan fingerprint density at radius 3 is 2.10 bits per heavy atom. The summed E-state index contributed by atoms with van der Waals surface area (Å²) in [6.07, 6.45) is 0.425. The van der Waals surface area contributed by atoms with Crippen molar-refractivity contribution in [3.05, 3.63) is 35.4 Å². The Kier molecular flexibility index (Phi) is 7.40. The summed E-state index contributed by atoms with van der Waals surface area (Å²) in [6, 6.07) is 8.87. The number of hydrogen-bond acceptors (Lipinski definition) is 3. The van der Waals surface area contributed by atoms with Crippen LogP contribution in [0.3, 0.4) is 0 Å². The van der Waals surface area contributed by atoms with Gasteiger partial charge in [0.25, 0.3) is 0 Å². The maximum Gasteiger partial charge on any atom is 0.224 e. The molecule has 1 aromatic carbocycles. The lowest BCUT2D eigenvalue weighted by molar-refractivity contribution is -0.120. The number of nitrogens with zero attached hydrogens (tertiary/aromatic N) is 1. The molecule has 0 heterocycles. The lowest BCUT2D eigenvalue weighted by Crippen LogP contribution is -2.42. The number of nitrogens with one attached hydrogen (secondary N) is 1. The van der Waals surface area contributed by atoms with Gasteiger partial charge in [-0.1, -0.05) is 24.3 Å². The normalized spacial score (nSPS) is 11.4. The highest BCUT2D eigenvalue weighted by atomic mass is 16.1. The van der Waals surface area contributed by atoms with Gasteiger partial charge in [-0.15, -0.1) is 0 Å². The van der Waals surface area contributed by atoms with E-state index in [9.17, 15) is 4.79 Å². The van der Waals surface area contributed by atoms with Crippen LogP contribution in [-0.4, -0.2) is 36.0 Å². The SMILES string of the molecule is CC(C)N(CCNC(=O)Cc1ccc(CN)cc1)C(C)C. The monoisotopic (exact) mass is 291 g/mol. The zero-order chi connectivity index (χ0) is 15.8. The Morgan fingerprint density at radius 1 is 1.10 bits per heavy atom. The molecule has 1 rings (SSSR count). The predicted octanol–water partition coefficient (Wildman–Crippen LogP) is 1.92. The fraction of sp³-hybridized carbons (Fsp3) is 0.588. The fourth-order valence-corrected chi connectivity index (χ4v) is 2.48. The molecule has 0 spiro atoms. The molecule has 3 N–H and O–H groups in total. The Labute approximate surface area is 128 Å². The molecule has 0 aliphatic rings. The average Bonchev–Trinajstić information content (AvgIpc) is 2.43. The molecule has 4 nitrogen and oxygen atoms in total. The number of amides is 1. The van der Waals surface area contributed by atoms with E-state index in [2.05, 4.69) is 37.9 Å². The average molecular weight is 291 g/mol. The lowest BCUT2D eigenvalue weighted by Gasteiger charge is -2.30. The number of carbonyl (C=O) groups is 1. The molecule has 0 aliphatic carbocycles. The molecule has 1 aromatic rings. The van der Waals surface area contributed by atoms with Crippen molar-refractivity contribution in [2.45, 2.75) is 52.7 Å². The van der Waals surface area contributed by atoms with Gasteiger partial charge in [0, 0.05) is 31.7 Å². The summed E-state index contributed by atoms with van der Waals surface area (Å²) in [5.74, 6) is 0.0722. The maximum atomic E-state index is 11.9. The fourth-order valence-electron chi connectivity index (χ4n) is 2.48. The minimum atomic E-state index is 0.0722. The van der Waals surface area contributed by atoms with Crippen LogP contribution in [0.5, 0.6) is 0 Å². The van der Waals surface area contributed by atoms with Gasteiger partial charge >= 0.3 is 0 Å². The minimum absolute atomic E-state index is 0.0722. The van der Waals surface area contributed by atoms with Gasteiger partial charge in [0.2, 0.25) is 5.91 Å². The number of benzene rings is 1. The molecule has 0 atom stereocenters. The second-order valence-electron chi connectivity index (χ2n) is 5.97. The standard InChI is InChI=1S/C17H29N3O/c1-13(2)20(14(3)4)10-9-19-17(21)11-15-5-7-16(12-18)8-6-15/h5-8,13-14H,9-12,18H2,1-4H3,(H,19,21). The molecule has 0 saturated carbocycles. The quantitative estimate of drug-likeness (QED) is 0.769. The number of rotatable bonds is 8. The summed E-state index contributed by atoms with van der Waals surface area (Å²) < 4.78 is 0. The summed E-state index contributed by atoms with van der Waals surface area (Å²) in [4.78, 5) is 14.3. The van der Waals surface area contributed by atoms with E-state index < -0.39 is 0 Å². The van der Waals surface area contributed by atoms with Crippen molar-refractivity contribution < 1.29 is 4.79 Å². The van der Waals surface area contributed by atoms with E-state index in [0.717, 1.165) is 17.7 Å². The van der Waals surface area contributed by atoms with Gasteiger partial charge < -0.3 is 11.1 Å². The van der Waals surface area contributed by atoms with Gasteiger partial charge in [-0.05, 0) is 38.8 Å². The van der Waals surface area contributed by atoms with Crippen molar-refractivity contribution in [3.63, 3.8) is 0 Å². The van der Waals surface area contributed by atoms with Crippen LogP contribution in [0.1, 0.15) is 38.8 Å². The first-order valence-electron chi connectivity index (χ1n) is 7.74. The maximum absolute atomic E-state index is 11.9. The summed E-state index contributed by atoms with van der Waals surface area (Å²) >= 11 is 0. The van der Waals surface area contributed by atoms with E-state index in [0.29, 0.717) is 31.6 Å². The molecule has 21 heavy (non-hydrogen) atoms. The molecular weight excluding hydrogens is 262 g/mol. The van der Waals surface area contributed by atoms with E-state index in [4.69, 9.17) is 5.73 Å². The zero-order valence-electron chi connectivity index (χ0n) is 13.7. The van der Waals surface area contributed by atoms with Crippen molar-refractivity contribution in [1.82, 2.24) is 10.2 Å². The summed E-state index contributed by atoms with van der Waals surface area (Å²) in [7, 11) is 0. The molecule has 0 saturated heterocycles. The second kappa shape index (κ2) is 8.80. The van der Waals surface area contributed by atoms with E-state index >= 15 is 0 Å². The molecule has 0 unspecified atom stereocenters. The topological polar surface area (TPSA) is 58.4 Å². The van der Waals surface area contributed by atoms with Crippen molar-refractivity contribution in [2.75, 3.05) is 13.1 Å². The molecule has 0 aromatic heterocycles. The van der Waals surface area contributed by atoms with Crippen molar-refractivity contribution in [2.24, 2.45) is 5.73 Å². The van der Waals surface area contributed by atoms with E-state index in [1.54, 1.807) is 0 Å². The smallest absolute Gasteiger partial charge is 0.224 e. The first-order chi connectivity index (χ1) is 9.93. The molecule has 118 valence electrons. The van der Waals surface area contributed by atoms with Crippen LogP contribution in [0.15, 0.2) is 24.3 Å². The van der Waals surface area contributed by atoms with Crippen LogP contribution in [0.25, 0.3) is 0 Å². The largest absolute Gasteiger partial charge is 0.355 e. The van der Waals surface area contributed by atoms with E-state index in [1.165, 1.54) is 0 Å². The number of nitrogens with two attached hydrogens (primary N) is 1. The molecule has 0 bridgehead atoms. The van der Waals surface area contributed by atoms with Crippen LogP contribution >= 0.6 is 0 Å². The van der Waals surface area contributed by atoms with Crippen molar-refractivity contribution in [1.29, 1.82) is 0 Å². The van der Waals surface area contributed by atoms with Gasteiger partial charge in [-0.25, -0.2) is 0 Å². The Balaban J connectivity index is 2.36. The number of carbonyl (C=O) groups excluding carboxylic acids is 1. The molecule has 4 heteroatoms. The highest BCUT2D eigenvalue weighted by molar-refractivity contribution is 5.78. The van der Waals surface area contributed by atoms with Crippen LogP contribution < -0.4 is 11.1 Å². The predicted molar refractivity (Wildman–Crippen MR) is 88.0 cm³/mol. The molecule has 0 radical (unpaired) electrons. The third-order valence-electron chi connectivity index (χ3n) is 3.64.